The van der Waals surface area contributed by atoms with Crippen LogP contribution in [0.3, 0.4) is 0 Å². The lowest BCUT2D eigenvalue weighted by molar-refractivity contribution is -0.124. The van der Waals surface area contributed by atoms with Crippen molar-refractivity contribution < 1.29 is 17.9 Å². The molecule has 0 bridgehead atoms. The molecule has 0 radical (unpaired) electrons. The number of carbonyl (C=O) groups is 1. The monoisotopic (exact) mass is 327 g/mol. The quantitative estimate of drug-likeness (QED) is 0.854. The van der Waals surface area contributed by atoms with Gasteiger partial charge in [-0.1, -0.05) is 31.2 Å². The van der Waals surface area contributed by atoms with Crippen LogP contribution in [-0.2, 0) is 13.8 Å². The Kier molecular flexibility index (Phi) is 4.39. The van der Waals surface area contributed by atoms with Crippen molar-refractivity contribution in [2.45, 2.75) is 24.3 Å². The summed E-state index contributed by atoms with van der Waals surface area (Å²) in [4.78, 5) is 11.3. The van der Waals surface area contributed by atoms with E-state index in [1.54, 1.807) is 31.2 Å². The number of hydrogen-bond donors (Lipinski definition) is 1. The van der Waals surface area contributed by atoms with Crippen LogP contribution >= 0.6 is 10.7 Å². The molecule has 2 rings (SSSR count). The third kappa shape index (κ3) is 3.28. The van der Waals surface area contributed by atoms with E-state index in [-0.39, 0.29) is 4.90 Å². The van der Waals surface area contributed by atoms with Crippen LogP contribution in [0.15, 0.2) is 41.3 Å². The van der Waals surface area contributed by atoms with Gasteiger partial charge in [-0.3, -0.25) is 4.79 Å². The number of primary amides is 1. The Balaban J connectivity index is 2.61. The first-order chi connectivity index (χ1) is 9.84. The highest BCUT2D eigenvalue weighted by Gasteiger charge is 2.19. The zero-order valence-electron chi connectivity index (χ0n) is 11.2. The molecular weight excluding hydrogens is 314 g/mol. The van der Waals surface area contributed by atoms with E-state index in [0.717, 1.165) is 0 Å². The van der Waals surface area contributed by atoms with Crippen molar-refractivity contribution in [1.29, 1.82) is 0 Å². The van der Waals surface area contributed by atoms with Crippen LogP contribution in [0.5, 0.6) is 5.75 Å². The number of amides is 1. The van der Waals surface area contributed by atoms with E-state index < -0.39 is 21.1 Å². The van der Waals surface area contributed by atoms with E-state index in [4.69, 9.17) is 21.2 Å². The van der Waals surface area contributed by atoms with Gasteiger partial charge in [0.1, 0.15) is 5.75 Å². The van der Waals surface area contributed by atoms with Gasteiger partial charge in [0.2, 0.25) is 0 Å². The molecule has 0 heterocycles. The molecule has 0 saturated carbocycles. The smallest absolute Gasteiger partial charge is 0.261 e. The van der Waals surface area contributed by atoms with Crippen molar-refractivity contribution in [3.63, 3.8) is 0 Å². The third-order valence-electron chi connectivity index (χ3n) is 3.06. The van der Waals surface area contributed by atoms with Crippen molar-refractivity contribution in [1.82, 2.24) is 0 Å². The highest BCUT2D eigenvalue weighted by Crippen LogP contribution is 2.33. The van der Waals surface area contributed by atoms with E-state index in [2.05, 4.69) is 0 Å². The molecule has 0 aliphatic carbocycles. The highest BCUT2D eigenvalue weighted by molar-refractivity contribution is 8.14. The van der Waals surface area contributed by atoms with Gasteiger partial charge in [0.15, 0.2) is 6.10 Å². The van der Waals surface area contributed by atoms with E-state index >= 15 is 0 Å². The molecule has 21 heavy (non-hydrogen) atoms. The third-order valence-corrected chi connectivity index (χ3v) is 4.44. The molecule has 1 amide bonds. The number of hydrogen-bond acceptors (Lipinski definition) is 4. The molecule has 2 N–H and O–H groups in total. The SMILES string of the molecule is CCC(Oc1ccc(S(=O)(=O)Cl)c2ccccc12)C(N)=O. The molecule has 5 nitrogen and oxygen atoms in total. The van der Waals surface area contributed by atoms with Gasteiger partial charge in [0.05, 0.1) is 4.90 Å². The summed E-state index contributed by atoms with van der Waals surface area (Å²) in [5.74, 6) is -0.184. The lowest BCUT2D eigenvalue weighted by Gasteiger charge is -2.16. The van der Waals surface area contributed by atoms with Crippen LogP contribution in [0.25, 0.3) is 10.8 Å². The van der Waals surface area contributed by atoms with Crippen LogP contribution in [0.1, 0.15) is 13.3 Å². The van der Waals surface area contributed by atoms with E-state index in [9.17, 15) is 13.2 Å². The molecule has 0 saturated heterocycles. The Morgan fingerprint density at radius 3 is 2.38 bits per heavy atom. The first-order valence-electron chi connectivity index (χ1n) is 6.27. The van der Waals surface area contributed by atoms with Gasteiger partial charge in [-0.25, -0.2) is 8.42 Å². The predicted molar refractivity (Wildman–Crippen MR) is 80.9 cm³/mol. The molecular formula is C14H14ClNO4S. The first-order valence-corrected chi connectivity index (χ1v) is 8.58. The lowest BCUT2D eigenvalue weighted by Crippen LogP contribution is -2.33. The molecule has 1 unspecified atom stereocenters. The highest BCUT2D eigenvalue weighted by atomic mass is 35.7. The van der Waals surface area contributed by atoms with Crippen molar-refractivity contribution in [2.24, 2.45) is 5.73 Å². The number of carbonyl (C=O) groups excluding carboxylic acids is 1. The van der Waals surface area contributed by atoms with Crippen LogP contribution in [0.4, 0.5) is 0 Å². The van der Waals surface area contributed by atoms with Crippen LogP contribution in [0, 0.1) is 0 Å². The van der Waals surface area contributed by atoms with Crippen LogP contribution in [0.2, 0.25) is 0 Å². The summed E-state index contributed by atoms with van der Waals surface area (Å²) in [5.41, 5.74) is 5.26. The Morgan fingerprint density at radius 2 is 1.86 bits per heavy atom. The van der Waals surface area contributed by atoms with E-state index in [1.165, 1.54) is 12.1 Å². The second-order valence-electron chi connectivity index (χ2n) is 4.46. The Morgan fingerprint density at radius 1 is 1.24 bits per heavy atom. The Bertz CT molecular complexity index is 789. The van der Waals surface area contributed by atoms with Gasteiger partial charge in [-0.15, -0.1) is 0 Å². The minimum atomic E-state index is -3.87. The van der Waals surface area contributed by atoms with E-state index in [0.29, 0.717) is 22.9 Å². The number of benzene rings is 2. The Hall–Kier alpha value is -1.79. The maximum atomic E-state index is 11.6. The molecule has 0 aliphatic heterocycles. The molecule has 112 valence electrons. The standard InChI is InChI=1S/C14H14ClNO4S/c1-2-11(14(16)17)20-12-7-8-13(21(15,18)19)10-6-4-3-5-9(10)12/h3-8,11H,2H2,1H3,(H2,16,17). The predicted octanol–water partition coefficient (Wildman–Crippen LogP) is 2.41. The lowest BCUT2D eigenvalue weighted by atomic mass is 10.1. The molecule has 1 atom stereocenters. The summed E-state index contributed by atoms with van der Waals surface area (Å²) in [6.07, 6.45) is -0.356. The van der Waals surface area contributed by atoms with Gasteiger partial charge < -0.3 is 10.5 Å². The van der Waals surface area contributed by atoms with Crippen molar-refractivity contribution in [2.75, 3.05) is 0 Å². The number of halogens is 1. The molecule has 2 aromatic rings. The van der Waals surface area contributed by atoms with Crippen LogP contribution < -0.4 is 10.5 Å². The summed E-state index contributed by atoms with van der Waals surface area (Å²) in [6.45, 7) is 1.77. The second-order valence-corrected chi connectivity index (χ2v) is 7.00. The topological polar surface area (TPSA) is 86.5 Å². The molecule has 7 heteroatoms. The first kappa shape index (κ1) is 15.6. The maximum Gasteiger partial charge on any atom is 0.261 e. The fourth-order valence-corrected chi connectivity index (χ4v) is 3.13. The zero-order valence-corrected chi connectivity index (χ0v) is 12.8. The minimum absolute atomic E-state index is 0.000704. The molecule has 0 fully saturated rings. The molecule has 0 spiro atoms. The van der Waals surface area contributed by atoms with Crippen molar-refractivity contribution >= 4 is 36.4 Å². The number of ether oxygens (including phenoxy) is 1. The van der Waals surface area contributed by atoms with Gasteiger partial charge in [-0.2, -0.15) is 0 Å². The summed E-state index contributed by atoms with van der Waals surface area (Å²) in [5, 5.41) is 0.989. The van der Waals surface area contributed by atoms with E-state index in [1.807, 2.05) is 0 Å². The average Bonchev–Trinajstić information content (AvgIpc) is 2.42. The van der Waals surface area contributed by atoms with Crippen molar-refractivity contribution in [3.8, 4) is 5.75 Å². The normalized spacial score (nSPS) is 13.0. The minimum Gasteiger partial charge on any atom is -0.480 e. The Labute approximate surface area is 127 Å². The number of rotatable bonds is 5. The summed E-state index contributed by atoms with van der Waals surface area (Å²) in [6, 6.07) is 9.59. The summed E-state index contributed by atoms with van der Waals surface area (Å²) in [7, 11) is 1.56. The number of nitrogens with two attached hydrogens (primary N) is 1. The van der Waals surface area contributed by atoms with Gasteiger partial charge in [-0.05, 0) is 18.6 Å². The molecule has 0 aromatic heterocycles. The number of fused-ring (bicyclic) bond motifs is 1. The second kappa shape index (κ2) is 5.91. The zero-order chi connectivity index (χ0) is 15.6. The molecule has 0 aliphatic rings. The van der Waals surface area contributed by atoms with Gasteiger partial charge in [0, 0.05) is 21.5 Å². The summed E-state index contributed by atoms with van der Waals surface area (Å²) < 4.78 is 28.8. The average molecular weight is 328 g/mol. The fourth-order valence-electron chi connectivity index (χ4n) is 2.06. The van der Waals surface area contributed by atoms with Crippen molar-refractivity contribution in [3.05, 3.63) is 36.4 Å². The fraction of sp³-hybridized carbons (Fsp3) is 0.214. The molecule has 2 aromatic carbocycles. The van der Waals surface area contributed by atoms with Gasteiger partial charge >= 0.3 is 0 Å². The van der Waals surface area contributed by atoms with Gasteiger partial charge in [0.25, 0.3) is 15.0 Å². The largest absolute Gasteiger partial charge is 0.480 e. The van der Waals surface area contributed by atoms with Crippen LogP contribution in [-0.4, -0.2) is 20.4 Å². The maximum absolute atomic E-state index is 11.6. The summed E-state index contributed by atoms with van der Waals surface area (Å²) >= 11 is 0.